The average molecular weight is 400 g/mol. The first-order valence-corrected chi connectivity index (χ1v) is 9.39. The molecule has 0 heterocycles. The second-order valence-corrected chi connectivity index (χ2v) is 7.71. The molecule has 18 heavy (non-hydrogen) atoms. The van der Waals surface area contributed by atoms with Gasteiger partial charge in [0.15, 0.2) is 0 Å². The van der Waals surface area contributed by atoms with Crippen LogP contribution >= 0.6 is 31.9 Å². The first-order valence-electron chi connectivity index (χ1n) is 5.66. The molecule has 0 radical (unpaired) electrons. The second kappa shape index (κ2) is 7.50. The Morgan fingerprint density at radius 2 is 2.06 bits per heavy atom. The number of hydrogen-bond acceptors (Lipinski definition) is 3. The number of hydrogen-bond donors (Lipinski definition) is 0. The minimum atomic E-state index is -2.89. The van der Waals surface area contributed by atoms with E-state index in [1.165, 1.54) is 0 Å². The minimum absolute atomic E-state index is 0.186. The van der Waals surface area contributed by atoms with Crippen molar-refractivity contribution in [2.75, 3.05) is 18.1 Å². The molecule has 0 spiro atoms. The standard InChI is InChI=1S/C12H16Br2O3S/c1-2-18(15,16)7-3-6-17-11-4-5-12(14)10(8-11)9-13/h4-5,8H,2-3,6-7,9H2,1H3. The van der Waals surface area contributed by atoms with E-state index in [0.717, 1.165) is 21.1 Å². The zero-order chi connectivity index (χ0) is 13.6. The number of benzene rings is 1. The Morgan fingerprint density at radius 3 is 2.67 bits per heavy atom. The van der Waals surface area contributed by atoms with Crippen LogP contribution in [0.15, 0.2) is 22.7 Å². The molecule has 0 unspecified atom stereocenters. The highest BCUT2D eigenvalue weighted by molar-refractivity contribution is 9.10. The van der Waals surface area contributed by atoms with Crippen LogP contribution < -0.4 is 4.74 Å². The Balaban J connectivity index is 2.45. The molecule has 6 heteroatoms. The van der Waals surface area contributed by atoms with Gasteiger partial charge >= 0.3 is 0 Å². The van der Waals surface area contributed by atoms with Crippen molar-refractivity contribution in [3.05, 3.63) is 28.2 Å². The molecule has 0 aromatic heterocycles. The van der Waals surface area contributed by atoms with Crippen LogP contribution in [0.25, 0.3) is 0 Å². The summed E-state index contributed by atoms with van der Waals surface area (Å²) in [7, 11) is -2.89. The van der Waals surface area contributed by atoms with Crippen molar-refractivity contribution < 1.29 is 13.2 Å². The minimum Gasteiger partial charge on any atom is -0.494 e. The summed E-state index contributed by atoms with van der Waals surface area (Å²) in [5.74, 6) is 1.14. The van der Waals surface area contributed by atoms with Crippen LogP contribution in [0, 0.1) is 0 Å². The zero-order valence-electron chi connectivity index (χ0n) is 10.2. The van der Waals surface area contributed by atoms with Crippen molar-refractivity contribution in [1.82, 2.24) is 0 Å². The highest BCUT2D eigenvalue weighted by Crippen LogP contribution is 2.24. The van der Waals surface area contributed by atoms with E-state index >= 15 is 0 Å². The van der Waals surface area contributed by atoms with Crippen molar-refractivity contribution >= 4 is 41.7 Å². The number of alkyl halides is 1. The third kappa shape index (κ3) is 5.28. The van der Waals surface area contributed by atoms with Crippen molar-refractivity contribution in [3.63, 3.8) is 0 Å². The van der Waals surface area contributed by atoms with Gasteiger partial charge < -0.3 is 4.74 Å². The first-order chi connectivity index (χ1) is 8.48. The predicted molar refractivity (Wildman–Crippen MR) is 81.2 cm³/mol. The van der Waals surface area contributed by atoms with E-state index in [-0.39, 0.29) is 11.5 Å². The van der Waals surface area contributed by atoms with E-state index in [1.807, 2.05) is 18.2 Å². The summed E-state index contributed by atoms with van der Waals surface area (Å²) in [5.41, 5.74) is 1.11. The third-order valence-electron chi connectivity index (χ3n) is 2.47. The highest BCUT2D eigenvalue weighted by atomic mass is 79.9. The van der Waals surface area contributed by atoms with Gasteiger partial charge in [-0.05, 0) is 30.2 Å². The van der Waals surface area contributed by atoms with Gasteiger partial charge in [0.05, 0.1) is 12.4 Å². The van der Waals surface area contributed by atoms with E-state index in [4.69, 9.17) is 4.74 Å². The first kappa shape index (κ1) is 16.0. The zero-order valence-corrected chi connectivity index (χ0v) is 14.1. The van der Waals surface area contributed by atoms with Crippen molar-refractivity contribution in [1.29, 1.82) is 0 Å². The normalized spacial score (nSPS) is 11.5. The van der Waals surface area contributed by atoms with Crippen molar-refractivity contribution in [3.8, 4) is 5.75 Å². The summed E-state index contributed by atoms with van der Waals surface area (Å²) in [5, 5.41) is 0.745. The number of halogens is 2. The van der Waals surface area contributed by atoms with Gasteiger partial charge in [0.25, 0.3) is 0 Å². The molecule has 0 aliphatic heterocycles. The van der Waals surface area contributed by atoms with Crippen LogP contribution in [-0.4, -0.2) is 26.5 Å². The molecular weight excluding hydrogens is 384 g/mol. The maximum Gasteiger partial charge on any atom is 0.150 e. The molecule has 0 aliphatic rings. The lowest BCUT2D eigenvalue weighted by Gasteiger charge is -2.08. The maximum absolute atomic E-state index is 11.3. The molecule has 0 aliphatic carbocycles. The quantitative estimate of drug-likeness (QED) is 0.520. The van der Waals surface area contributed by atoms with Crippen LogP contribution in [0.2, 0.25) is 0 Å². The predicted octanol–water partition coefficient (Wildman–Crippen LogP) is 3.55. The van der Waals surface area contributed by atoms with Gasteiger partial charge in [0.1, 0.15) is 15.6 Å². The average Bonchev–Trinajstić information content (AvgIpc) is 2.36. The SMILES string of the molecule is CCS(=O)(=O)CCCOc1ccc(Br)c(CBr)c1. The van der Waals surface area contributed by atoms with Crippen molar-refractivity contribution in [2.45, 2.75) is 18.7 Å². The molecule has 0 saturated heterocycles. The Hall–Kier alpha value is -0.0700. The Morgan fingerprint density at radius 1 is 1.33 bits per heavy atom. The molecule has 0 saturated carbocycles. The fourth-order valence-electron chi connectivity index (χ4n) is 1.36. The monoisotopic (exact) mass is 398 g/mol. The van der Waals surface area contributed by atoms with E-state index in [1.54, 1.807) is 6.92 Å². The van der Waals surface area contributed by atoms with Crippen LogP contribution in [0.1, 0.15) is 18.9 Å². The molecule has 0 bridgehead atoms. The summed E-state index contributed by atoms with van der Waals surface area (Å²) in [6, 6.07) is 5.73. The van der Waals surface area contributed by atoms with Gasteiger partial charge in [-0.2, -0.15) is 0 Å². The van der Waals surface area contributed by atoms with Gasteiger partial charge in [-0.25, -0.2) is 8.42 Å². The summed E-state index contributed by atoms with van der Waals surface area (Å²) in [6.07, 6.45) is 0.524. The largest absolute Gasteiger partial charge is 0.494 e. The summed E-state index contributed by atoms with van der Waals surface area (Å²) >= 11 is 6.84. The van der Waals surface area contributed by atoms with Gasteiger partial charge in [-0.15, -0.1) is 0 Å². The summed E-state index contributed by atoms with van der Waals surface area (Å²) in [6.45, 7) is 2.08. The molecule has 0 N–H and O–H groups in total. The molecule has 0 fully saturated rings. The second-order valence-electron chi connectivity index (χ2n) is 3.83. The molecule has 1 aromatic carbocycles. The smallest absolute Gasteiger partial charge is 0.150 e. The van der Waals surface area contributed by atoms with E-state index < -0.39 is 9.84 Å². The Labute approximate surface area is 125 Å². The molecule has 1 rings (SSSR count). The summed E-state index contributed by atoms with van der Waals surface area (Å²) < 4.78 is 29.1. The lowest BCUT2D eigenvalue weighted by atomic mass is 10.2. The maximum atomic E-state index is 11.3. The van der Waals surface area contributed by atoms with E-state index in [9.17, 15) is 8.42 Å². The van der Waals surface area contributed by atoms with Crippen LogP contribution in [0.4, 0.5) is 0 Å². The number of rotatable bonds is 7. The fraction of sp³-hybridized carbons (Fsp3) is 0.500. The van der Waals surface area contributed by atoms with Gasteiger partial charge in [-0.1, -0.05) is 38.8 Å². The number of ether oxygens (including phenoxy) is 1. The molecular formula is C12H16Br2O3S. The van der Waals surface area contributed by atoms with Gasteiger partial charge in [0, 0.05) is 15.6 Å². The highest BCUT2D eigenvalue weighted by Gasteiger charge is 2.07. The van der Waals surface area contributed by atoms with Crippen molar-refractivity contribution in [2.24, 2.45) is 0 Å². The third-order valence-corrected chi connectivity index (χ3v) is 5.64. The molecule has 0 atom stereocenters. The Bertz CT molecular complexity index is 486. The molecule has 1 aromatic rings. The topological polar surface area (TPSA) is 43.4 Å². The summed E-state index contributed by atoms with van der Waals surface area (Å²) in [4.78, 5) is 0. The lowest BCUT2D eigenvalue weighted by Crippen LogP contribution is -2.11. The Kier molecular flexibility index (Phi) is 6.66. The van der Waals surface area contributed by atoms with Gasteiger partial charge in [-0.3, -0.25) is 0 Å². The van der Waals surface area contributed by atoms with Crippen LogP contribution in [0.3, 0.4) is 0 Å². The van der Waals surface area contributed by atoms with Gasteiger partial charge in [0.2, 0.25) is 0 Å². The fourth-order valence-corrected chi connectivity index (χ4v) is 3.43. The van der Waals surface area contributed by atoms with E-state index in [0.29, 0.717) is 13.0 Å². The van der Waals surface area contributed by atoms with E-state index in [2.05, 4.69) is 31.9 Å². The number of sulfone groups is 1. The van der Waals surface area contributed by atoms with Crippen LogP contribution in [0.5, 0.6) is 5.75 Å². The molecule has 102 valence electrons. The lowest BCUT2D eigenvalue weighted by molar-refractivity contribution is 0.317. The molecule has 3 nitrogen and oxygen atoms in total. The molecule has 0 amide bonds. The van der Waals surface area contributed by atoms with Crippen LogP contribution in [-0.2, 0) is 15.2 Å².